The molecule has 0 atom stereocenters. The quantitative estimate of drug-likeness (QED) is 0.738. The third-order valence-electron chi connectivity index (χ3n) is 2.59. The van der Waals surface area contributed by atoms with Crippen molar-refractivity contribution >= 4 is 17.8 Å². The van der Waals surface area contributed by atoms with E-state index in [1.54, 1.807) is 53.7 Å². The first kappa shape index (κ1) is 12.8. The van der Waals surface area contributed by atoms with Gasteiger partial charge in [-0.3, -0.25) is 4.79 Å². The fraction of sp³-hybridized carbons (Fsp3) is 0. The number of aromatic nitrogens is 4. The molecular weight excluding hydrogens is 270 g/mol. The van der Waals surface area contributed by atoms with Gasteiger partial charge in [-0.25, -0.2) is 14.6 Å². The van der Waals surface area contributed by atoms with Crippen LogP contribution in [0.4, 0.5) is 5.82 Å². The fourth-order valence-electron chi connectivity index (χ4n) is 1.66. The molecule has 1 amide bonds. The normalized spacial score (nSPS) is 10.9. The number of amides is 1. The average molecular weight is 281 g/mol. The Bertz CT molecular complexity index is 748. The molecule has 3 aromatic rings. The van der Waals surface area contributed by atoms with Gasteiger partial charge in [0.05, 0.1) is 6.26 Å². The van der Waals surface area contributed by atoms with Crippen molar-refractivity contribution in [3.63, 3.8) is 0 Å². The van der Waals surface area contributed by atoms with Gasteiger partial charge in [-0.15, -0.1) is 0 Å². The minimum absolute atomic E-state index is 0.309. The van der Waals surface area contributed by atoms with Gasteiger partial charge < -0.3 is 9.73 Å². The predicted molar refractivity (Wildman–Crippen MR) is 75.5 cm³/mol. The van der Waals surface area contributed by atoms with Crippen LogP contribution in [0.3, 0.4) is 0 Å². The Balaban J connectivity index is 1.70. The Morgan fingerprint density at radius 1 is 1.33 bits per heavy atom. The molecule has 0 fully saturated rings. The molecule has 0 unspecified atom stereocenters. The smallest absolute Gasteiger partial charge is 0.249 e. The van der Waals surface area contributed by atoms with Crippen molar-refractivity contribution in [1.82, 2.24) is 19.7 Å². The van der Waals surface area contributed by atoms with Gasteiger partial charge in [0.25, 0.3) is 0 Å². The molecule has 0 saturated heterocycles. The van der Waals surface area contributed by atoms with E-state index in [0.29, 0.717) is 17.4 Å². The highest BCUT2D eigenvalue weighted by Gasteiger charge is 2.03. The van der Waals surface area contributed by atoms with Gasteiger partial charge in [-0.2, -0.15) is 5.10 Å². The number of carbonyl (C=O) groups excluding carboxylic acids is 1. The Labute approximate surface area is 120 Å². The highest BCUT2D eigenvalue weighted by molar-refractivity contribution is 6.01. The lowest BCUT2D eigenvalue weighted by atomic mass is 10.4. The molecule has 0 aromatic carbocycles. The summed E-state index contributed by atoms with van der Waals surface area (Å²) in [6, 6.07) is 6.92. The van der Waals surface area contributed by atoms with Crippen LogP contribution in [-0.2, 0) is 4.79 Å². The van der Waals surface area contributed by atoms with E-state index < -0.39 is 0 Å². The zero-order valence-electron chi connectivity index (χ0n) is 10.9. The van der Waals surface area contributed by atoms with E-state index in [-0.39, 0.29) is 5.91 Å². The second kappa shape index (κ2) is 5.83. The van der Waals surface area contributed by atoms with Gasteiger partial charge >= 0.3 is 0 Å². The van der Waals surface area contributed by atoms with Crippen molar-refractivity contribution in [2.45, 2.75) is 0 Å². The van der Waals surface area contributed by atoms with Gasteiger partial charge in [0.15, 0.2) is 5.82 Å². The summed E-state index contributed by atoms with van der Waals surface area (Å²) in [5.41, 5.74) is 0. The molecule has 0 bridgehead atoms. The lowest BCUT2D eigenvalue weighted by molar-refractivity contribution is -0.111. The maximum atomic E-state index is 11.8. The number of nitrogens with one attached hydrogen (secondary N) is 1. The average Bonchev–Trinajstić information content (AvgIpc) is 3.19. The molecule has 0 radical (unpaired) electrons. The number of hydrogen-bond donors (Lipinski definition) is 1. The molecule has 1 N–H and O–H groups in total. The van der Waals surface area contributed by atoms with Crippen LogP contribution >= 0.6 is 0 Å². The summed E-state index contributed by atoms with van der Waals surface area (Å²) < 4.78 is 6.68. The number of hydrogen-bond acceptors (Lipinski definition) is 5. The molecule has 3 aromatic heterocycles. The Hall–Kier alpha value is -3.22. The van der Waals surface area contributed by atoms with Crippen molar-refractivity contribution < 1.29 is 9.21 Å². The second-order valence-corrected chi connectivity index (χ2v) is 4.05. The van der Waals surface area contributed by atoms with Gasteiger partial charge in [0, 0.05) is 24.5 Å². The monoisotopic (exact) mass is 281 g/mol. The van der Waals surface area contributed by atoms with E-state index in [1.165, 1.54) is 12.4 Å². The number of nitrogens with zero attached hydrogens (tertiary/aromatic N) is 4. The molecule has 21 heavy (non-hydrogen) atoms. The molecule has 0 aliphatic rings. The minimum Gasteiger partial charge on any atom is -0.465 e. The first-order valence-corrected chi connectivity index (χ1v) is 6.16. The molecule has 0 saturated carbocycles. The van der Waals surface area contributed by atoms with Crippen LogP contribution in [0.1, 0.15) is 5.76 Å². The zero-order valence-corrected chi connectivity index (χ0v) is 10.9. The highest BCUT2D eigenvalue weighted by atomic mass is 16.3. The fourth-order valence-corrected chi connectivity index (χ4v) is 1.66. The number of anilines is 1. The molecule has 7 nitrogen and oxygen atoms in total. The van der Waals surface area contributed by atoms with E-state index in [4.69, 9.17) is 4.42 Å². The largest absolute Gasteiger partial charge is 0.465 e. The topological polar surface area (TPSA) is 85.8 Å². The van der Waals surface area contributed by atoms with Crippen molar-refractivity contribution in [3.8, 4) is 5.82 Å². The van der Waals surface area contributed by atoms with Gasteiger partial charge in [-0.05, 0) is 24.3 Å². The minimum atomic E-state index is -0.309. The van der Waals surface area contributed by atoms with Crippen LogP contribution < -0.4 is 5.32 Å². The molecule has 3 heterocycles. The summed E-state index contributed by atoms with van der Waals surface area (Å²) in [4.78, 5) is 19.9. The zero-order chi connectivity index (χ0) is 14.5. The lowest BCUT2D eigenvalue weighted by Crippen LogP contribution is -2.10. The Morgan fingerprint density at radius 2 is 2.29 bits per heavy atom. The van der Waals surface area contributed by atoms with Crippen molar-refractivity contribution in [2.24, 2.45) is 0 Å². The van der Waals surface area contributed by atoms with Crippen LogP contribution in [0.2, 0.25) is 0 Å². The standard InChI is InChI=1S/C14H11N5O2/c20-14(5-4-11-3-1-8-21-11)18-12-9-13(16-10-15-12)19-7-2-6-17-19/h1-10H,(H,15,16,18,20)/b5-4+. The van der Waals surface area contributed by atoms with Crippen LogP contribution in [-0.4, -0.2) is 25.7 Å². The van der Waals surface area contributed by atoms with Crippen molar-refractivity contribution in [1.29, 1.82) is 0 Å². The van der Waals surface area contributed by atoms with E-state index in [1.807, 2.05) is 0 Å². The summed E-state index contributed by atoms with van der Waals surface area (Å²) in [6.45, 7) is 0. The van der Waals surface area contributed by atoms with Crippen LogP contribution in [0, 0.1) is 0 Å². The molecule has 104 valence electrons. The molecular formula is C14H11N5O2. The lowest BCUT2D eigenvalue weighted by Gasteiger charge is -2.03. The van der Waals surface area contributed by atoms with Crippen molar-refractivity contribution in [3.05, 3.63) is 61.1 Å². The molecule has 0 aliphatic heterocycles. The first-order chi connectivity index (χ1) is 10.3. The van der Waals surface area contributed by atoms with Crippen LogP contribution in [0.5, 0.6) is 0 Å². The third-order valence-corrected chi connectivity index (χ3v) is 2.59. The third kappa shape index (κ3) is 3.21. The summed E-state index contributed by atoms with van der Waals surface area (Å²) in [7, 11) is 0. The van der Waals surface area contributed by atoms with Crippen molar-refractivity contribution in [2.75, 3.05) is 5.32 Å². The van der Waals surface area contributed by atoms with Crippen LogP contribution in [0.15, 0.2) is 59.7 Å². The molecule has 3 rings (SSSR count). The number of furan rings is 1. The second-order valence-electron chi connectivity index (χ2n) is 4.05. The number of rotatable bonds is 4. The first-order valence-electron chi connectivity index (χ1n) is 6.16. The van der Waals surface area contributed by atoms with Gasteiger partial charge in [0.1, 0.15) is 17.9 Å². The highest BCUT2D eigenvalue weighted by Crippen LogP contribution is 2.08. The Kier molecular flexibility index (Phi) is 3.55. The summed E-state index contributed by atoms with van der Waals surface area (Å²) >= 11 is 0. The summed E-state index contributed by atoms with van der Waals surface area (Å²) in [5, 5.41) is 6.71. The van der Waals surface area contributed by atoms with E-state index in [2.05, 4.69) is 20.4 Å². The molecule has 0 spiro atoms. The Morgan fingerprint density at radius 3 is 3.05 bits per heavy atom. The van der Waals surface area contributed by atoms with Gasteiger partial charge in [-0.1, -0.05) is 0 Å². The predicted octanol–water partition coefficient (Wildman–Crippen LogP) is 1.91. The summed E-state index contributed by atoms with van der Waals surface area (Å²) in [6.07, 6.45) is 9.25. The maximum absolute atomic E-state index is 11.8. The van der Waals surface area contributed by atoms with E-state index in [9.17, 15) is 4.79 Å². The molecule has 7 heteroatoms. The van der Waals surface area contributed by atoms with E-state index >= 15 is 0 Å². The maximum Gasteiger partial charge on any atom is 0.249 e. The van der Waals surface area contributed by atoms with Crippen LogP contribution in [0.25, 0.3) is 11.9 Å². The van der Waals surface area contributed by atoms with Gasteiger partial charge in [0.2, 0.25) is 5.91 Å². The molecule has 0 aliphatic carbocycles. The SMILES string of the molecule is O=C(/C=C/c1ccco1)Nc1cc(-n2cccn2)ncn1. The number of carbonyl (C=O) groups is 1. The van der Waals surface area contributed by atoms with E-state index in [0.717, 1.165) is 0 Å². The summed E-state index contributed by atoms with van der Waals surface area (Å²) in [5.74, 6) is 1.26.